The number of hydrogen-bond donors (Lipinski definition) is 11. The van der Waals surface area contributed by atoms with Gasteiger partial charge in [-0.3, -0.25) is 0 Å². The summed E-state index contributed by atoms with van der Waals surface area (Å²) < 4.78 is 4.70. The van der Waals surface area contributed by atoms with Crippen LogP contribution in [0, 0.1) is 0 Å². The van der Waals surface area contributed by atoms with E-state index in [-0.39, 0.29) is 6.54 Å². The van der Waals surface area contributed by atoms with E-state index in [0.717, 1.165) is 0 Å². The third-order valence-corrected chi connectivity index (χ3v) is 3.69. The summed E-state index contributed by atoms with van der Waals surface area (Å²) in [5.74, 6) is 0. The van der Waals surface area contributed by atoms with Gasteiger partial charge in [0.05, 0.1) is 25.4 Å². The second-order valence-corrected chi connectivity index (χ2v) is 5.66. The highest BCUT2D eigenvalue weighted by Gasteiger charge is 2.41. The molecule has 1 heterocycles. The second kappa shape index (κ2) is 12.0. The van der Waals surface area contributed by atoms with Gasteiger partial charge in [0.1, 0.15) is 36.6 Å². The van der Waals surface area contributed by atoms with Gasteiger partial charge < -0.3 is 61.7 Å². The molecule has 12 nitrogen and oxygen atoms in total. The lowest BCUT2D eigenvalue weighted by Gasteiger charge is -2.38. The minimum Gasteiger partial charge on any atom is -0.394 e. The maximum absolute atomic E-state index is 9.21. The van der Waals surface area contributed by atoms with Crippen LogP contribution >= 0.6 is 0 Å². The highest BCUT2D eigenvalue weighted by molar-refractivity contribution is 4.90. The first-order chi connectivity index (χ1) is 11.6. The van der Waals surface area contributed by atoms with Crippen LogP contribution in [0.25, 0.3) is 0 Å². The molecule has 1 fully saturated rings. The van der Waals surface area contributed by atoms with Gasteiger partial charge in [-0.25, -0.2) is 0 Å². The first kappa shape index (κ1) is 24.5. The predicted molar refractivity (Wildman–Crippen MR) is 83.0 cm³/mol. The van der Waals surface area contributed by atoms with E-state index >= 15 is 0 Å². The SMILES string of the molecule is CNC[C@H](O)[C@@H](O)[C@H](O)[C@H](O)CO.N[C@@H]1[C@@H](O)[C@H](O)[C@@H](CO)O[C@H]1O. The van der Waals surface area contributed by atoms with Gasteiger partial charge >= 0.3 is 0 Å². The summed E-state index contributed by atoms with van der Waals surface area (Å²) in [7, 11) is 1.57. The average Bonchev–Trinajstić information content (AvgIpc) is 2.61. The van der Waals surface area contributed by atoms with Crippen LogP contribution in [0.5, 0.6) is 0 Å². The maximum atomic E-state index is 9.21. The summed E-state index contributed by atoms with van der Waals surface area (Å²) in [6.07, 6.45) is -10.5. The van der Waals surface area contributed by atoms with Crippen molar-refractivity contribution in [3.05, 3.63) is 0 Å². The molecule has 1 saturated heterocycles. The van der Waals surface area contributed by atoms with Crippen LogP contribution in [-0.2, 0) is 4.74 Å². The molecular formula is C13H30N2O10. The van der Waals surface area contributed by atoms with Gasteiger partial charge in [0.2, 0.25) is 0 Å². The van der Waals surface area contributed by atoms with Crippen molar-refractivity contribution in [3.63, 3.8) is 0 Å². The summed E-state index contributed by atoms with van der Waals surface area (Å²) in [5, 5.41) is 83.5. The Morgan fingerprint density at radius 1 is 0.960 bits per heavy atom. The lowest BCUT2D eigenvalue weighted by atomic mass is 9.98. The molecule has 0 bridgehead atoms. The van der Waals surface area contributed by atoms with E-state index in [1.807, 2.05) is 0 Å². The number of likely N-dealkylation sites (N-methyl/N-ethyl adjacent to an activating group) is 1. The molecule has 1 aliphatic rings. The molecule has 0 saturated carbocycles. The standard InChI is InChI=1S/C7H17NO5.C6H13NO5/c1-8-2-4(10)6(12)7(13)5(11)3-9;7-3-5(10)4(9)2(1-8)12-6(3)11/h4-13H,2-3H2,1H3;2-6,8-11H,1,7H2/t4-,5+,6+,7+;2-,3-,4-,5-,6-/m01/s1. The summed E-state index contributed by atoms with van der Waals surface area (Å²) in [4.78, 5) is 0. The van der Waals surface area contributed by atoms with Crippen molar-refractivity contribution < 1.29 is 50.7 Å². The van der Waals surface area contributed by atoms with E-state index in [1.165, 1.54) is 0 Å². The van der Waals surface area contributed by atoms with Gasteiger partial charge in [0.15, 0.2) is 6.29 Å². The van der Waals surface area contributed by atoms with Crippen LogP contribution in [-0.4, -0.2) is 128 Å². The molecule has 1 aliphatic heterocycles. The van der Waals surface area contributed by atoms with Crippen molar-refractivity contribution in [2.24, 2.45) is 5.73 Å². The second-order valence-electron chi connectivity index (χ2n) is 5.66. The van der Waals surface area contributed by atoms with Gasteiger partial charge in [-0.1, -0.05) is 0 Å². The molecule has 0 aliphatic carbocycles. The van der Waals surface area contributed by atoms with Crippen molar-refractivity contribution in [1.29, 1.82) is 0 Å². The number of nitrogens with one attached hydrogen (secondary N) is 1. The Kier molecular flexibility index (Phi) is 11.8. The Balaban J connectivity index is 0.000000462. The molecule has 9 atom stereocenters. The average molecular weight is 374 g/mol. The summed E-state index contributed by atoms with van der Waals surface area (Å²) >= 11 is 0. The monoisotopic (exact) mass is 374 g/mol. The van der Waals surface area contributed by atoms with Crippen molar-refractivity contribution in [3.8, 4) is 0 Å². The molecule has 12 heteroatoms. The number of aliphatic hydroxyl groups is 9. The third-order valence-electron chi connectivity index (χ3n) is 3.69. The van der Waals surface area contributed by atoms with E-state index in [9.17, 15) is 15.3 Å². The van der Waals surface area contributed by atoms with Crippen LogP contribution in [0.4, 0.5) is 0 Å². The molecule has 12 N–H and O–H groups in total. The summed E-state index contributed by atoms with van der Waals surface area (Å²) in [5.41, 5.74) is 5.26. The van der Waals surface area contributed by atoms with Crippen LogP contribution in [0.2, 0.25) is 0 Å². The quantitative estimate of drug-likeness (QED) is 0.200. The zero-order valence-electron chi connectivity index (χ0n) is 13.8. The molecule has 25 heavy (non-hydrogen) atoms. The first-order valence-corrected chi connectivity index (χ1v) is 7.66. The Morgan fingerprint density at radius 2 is 1.48 bits per heavy atom. The minimum atomic E-state index is -1.55. The topological polar surface area (TPSA) is 229 Å². The zero-order chi connectivity index (χ0) is 19.7. The van der Waals surface area contributed by atoms with Crippen LogP contribution in [0.15, 0.2) is 0 Å². The van der Waals surface area contributed by atoms with Gasteiger partial charge in [-0.15, -0.1) is 0 Å². The molecule has 0 unspecified atom stereocenters. The number of ether oxygens (including phenoxy) is 1. The molecular weight excluding hydrogens is 344 g/mol. The number of aliphatic hydroxyl groups excluding tert-OH is 9. The largest absolute Gasteiger partial charge is 0.394 e. The van der Waals surface area contributed by atoms with Gasteiger partial charge in [-0.2, -0.15) is 0 Å². The van der Waals surface area contributed by atoms with Crippen LogP contribution in [0.3, 0.4) is 0 Å². The Hall–Kier alpha value is -0.480. The summed E-state index contributed by atoms with van der Waals surface area (Å²) in [6.45, 7) is -1.04. The molecule has 152 valence electrons. The Morgan fingerprint density at radius 3 is 1.92 bits per heavy atom. The molecule has 0 aromatic carbocycles. The Bertz CT molecular complexity index is 348. The van der Waals surface area contributed by atoms with Gasteiger partial charge in [-0.05, 0) is 7.05 Å². The highest BCUT2D eigenvalue weighted by atomic mass is 16.6. The summed E-state index contributed by atoms with van der Waals surface area (Å²) in [6, 6.07) is -1.04. The van der Waals surface area contributed by atoms with Crippen LogP contribution in [0.1, 0.15) is 0 Å². The van der Waals surface area contributed by atoms with Crippen molar-refractivity contribution in [2.45, 2.75) is 55.1 Å². The Labute approximate surface area is 144 Å². The number of rotatable bonds is 7. The predicted octanol–water partition coefficient (Wildman–Crippen LogP) is -6.61. The smallest absolute Gasteiger partial charge is 0.173 e. The number of nitrogens with two attached hydrogens (primary N) is 1. The molecule has 0 aromatic rings. The van der Waals surface area contributed by atoms with Crippen molar-refractivity contribution >= 4 is 0 Å². The van der Waals surface area contributed by atoms with E-state index in [0.29, 0.717) is 0 Å². The molecule has 0 aromatic heterocycles. The normalized spacial score (nSPS) is 34.4. The fraction of sp³-hybridized carbons (Fsp3) is 1.00. The molecule has 0 amide bonds. The van der Waals surface area contributed by atoms with E-state index in [4.69, 9.17) is 41.1 Å². The number of hydrogen-bond acceptors (Lipinski definition) is 12. The first-order valence-electron chi connectivity index (χ1n) is 7.66. The minimum absolute atomic E-state index is 0.0936. The van der Waals surface area contributed by atoms with Gasteiger partial charge in [0.25, 0.3) is 0 Å². The third kappa shape index (κ3) is 7.34. The molecule has 0 spiro atoms. The fourth-order valence-corrected chi connectivity index (χ4v) is 2.01. The highest BCUT2D eigenvalue weighted by Crippen LogP contribution is 2.17. The molecule has 1 rings (SSSR count). The van der Waals surface area contributed by atoms with Gasteiger partial charge in [0, 0.05) is 6.54 Å². The lowest BCUT2D eigenvalue weighted by Crippen LogP contribution is -2.61. The van der Waals surface area contributed by atoms with E-state index in [2.05, 4.69) is 5.32 Å². The fourth-order valence-electron chi connectivity index (χ4n) is 2.01. The van der Waals surface area contributed by atoms with Crippen molar-refractivity contribution in [1.82, 2.24) is 5.32 Å². The van der Waals surface area contributed by atoms with E-state index in [1.54, 1.807) is 7.05 Å². The maximum Gasteiger partial charge on any atom is 0.173 e. The lowest BCUT2D eigenvalue weighted by molar-refractivity contribution is -0.248. The molecule has 0 radical (unpaired) electrons. The van der Waals surface area contributed by atoms with E-state index < -0.39 is 68.3 Å². The zero-order valence-corrected chi connectivity index (χ0v) is 13.8. The van der Waals surface area contributed by atoms with Crippen molar-refractivity contribution in [2.75, 3.05) is 26.8 Å². The van der Waals surface area contributed by atoms with Crippen LogP contribution < -0.4 is 11.1 Å².